The molecule has 1 aromatic carbocycles. The first-order valence-electron chi connectivity index (χ1n) is 2.91. The Hall–Kier alpha value is -1.11. The van der Waals surface area contributed by atoms with Gasteiger partial charge in [0.1, 0.15) is 5.75 Å². The van der Waals surface area contributed by atoms with Gasteiger partial charge in [0.15, 0.2) is 0 Å². The summed E-state index contributed by atoms with van der Waals surface area (Å²) in [5, 5.41) is 9.78. The zero-order valence-corrected chi connectivity index (χ0v) is 6.61. The van der Waals surface area contributed by atoms with E-state index in [0.29, 0.717) is 0 Å². The molecule has 0 radical (unpaired) electrons. The molecule has 0 aliphatic rings. The topological polar surface area (TPSA) is 86.7 Å². The quantitative estimate of drug-likeness (QED) is 0.388. The third-order valence-electron chi connectivity index (χ3n) is 1.22. The molecule has 66 valence electrons. The summed E-state index contributed by atoms with van der Waals surface area (Å²) >= 11 is 0. The van der Waals surface area contributed by atoms with Crippen LogP contribution in [0.2, 0.25) is 0 Å². The summed E-state index contributed by atoms with van der Waals surface area (Å²) in [6, 6.07) is 4.44. The van der Waals surface area contributed by atoms with E-state index in [-0.39, 0.29) is 10.6 Å². The molecule has 0 heterocycles. The molecule has 1 N–H and O–H groups in total. The van der Waals surface area contributed by atoms with Crippen LogP contribution >= 0.6 is 0 Å². The fraction of sp³-hybridized carbons (Fsp3) is 0. The molecule has 12 heavy (non-hydrogen) atoms. The summed E-state index contributed by atoms with van der Waals surface area (Å²) in [6.45, 7) is 0. The lowest BCUT2D eigenvalue weighted by Crippen LogP contribution is -2.08. The summed E-state index contributed by atoms with van der Waals surface area (Å²) < 4.78 is 29.4. The highest BCUT2D eigenvalue weighted by atomic mass is 32.2. The minimum Gasteiger partial charge on any atom is -0.664 e. The van der Waals surface area contributed by atoms with Crippen LogP contribution in [-0.4, -0.2) is 13.0 Å². The molecule has 0 saturated heterocycles. The summed E-state index contributed by atoms with van der Waals surface area (Å²) in [5.74, 6) is -0.0117. The lowest BCUT2D eigenvalue weighted by Gasteiger charge is -2.07. The molecule has 0 spiro atoms. The molecule has 0 unspecified atom stereocenters. The molecule has 1 rings (SSSR count). The second-order valence-corrected chi connectivity index (χ2v) is 3.45. The van der Waals surface area contributed by atoms with Gasteiger partial charge in [0, 0.05) is 0 Å². The fourth-order valence-electron chi connectivity index (χ4n) is 0.667. The van der Waals surface area contributed by atoms with Crippen LogP contribution in [-0.2, 0) is 10.1 Å². The minimum atomic E-state index is -4.19. The second-order valence-electron chi connectivity index (χ2n) is 2.03. The Morgan fingerprint density at radius 1 is 1.25 bits per heavy atom. The van der Waals surface area contributed by atoms with Crippen molar-refractivity contribution in [3.63, 3.8) is 0 Å². The van der Waals surface area contributed by atoms with Crippen molar-refractivity contribution in [2.24, 2.45) is 0 Å². The van der Waals surface area contributed by atoms with Gasteiger partial charge in [0.2, 0.25) is 0 Å². The van der Waals surface area contributed by atoms with Crippen LogP contribution in [0.3, 0.4) is 0 Å². The largest absolute Gasteiger partial charge is 0.664 e. The average molecular weight is 189 g/mol. The van der Waals surface area contributed by atoms with Gasteiger partial charge in [-0.25, -0.2) is 0 Å². The molecule has 0 atom stereocenters. The van der Waals surface area contributed by atoms with Gasteiger partial charge in [0.25, 0.3) is 10.1 Å². The molecule has 0 aliphatic carbocycles. The first-order valence-corrected chi connectivity index (χ1v) is 4.35. The van der Waals surface area contributed by atoms with Crippen molar-refractivity contribution in [1.82, 2.24) is 0 Å². The van der Waals surface area contributed by atoms with E-state index in [4.69, 9.17) is 4.55 Å². The van der Waals surface area contributed by atoms with Gasteiger partial charge in [-0.2, -0.15) is 8.42 Å². The highest BCUT2D eigenvalue weighted by Crippen LogP contribution is 2.13. The van der Waals surface area contributed by atoms with Gasteiger partial charge in [-0.05, 0) is 24.3 Å². The van der Waals surface area contributed by atoms with E-state index in [9.17, 15) is 13.7 Å². The number of hydrogen-bond donors (Lipinski definition) is 1. The normalized spacial score (nSPS) is 11.2. The number of benzene rings is 1. The van der Waals surface area contributed by atoms with Gasteiger partial charge in [-0.15, -0.1) is 0 Å². The van der Waals surface area contributed by atoms with Crippen LogP contribution in [0, 0.1) is 0 Å². The van der Waals surface area contributed by atoms with E-state index >= 15 is 0 Å². The van der Waals surface area contributed by atoms with E-state index in [1.807, 2.05) is 0 Å². The molecular weight excluding hydrogens is 184 g/mol. The van der Waals surface area contributed by atoms with Crippen molar-refractivity contribution >= 4 is 10.1 Å². The summed E-state index contributed by atoms with van der Waals surface area (Å²) in [4.78, 5) is 3.28. The maximum absolute atomic E-state index is 10.5. The molecule has 5 nitrogen and oxygen atoms in total. The standard InChI is InChI=1S/C6H6O5S/c7-11-5-1-3-6(4-2-5)12(8,9)10/h1-4,7H,(H,8,9,10)/p-1. The molecule has 0 aliphatic heterocycles. The molecule has 6 heteroatoms. The Morgan fingerprint density at radius 2 is 1.75 bits per heavy atom. The third-order valence-corrected chi connectivity index (χ3v) is 2.09. The summed E-state index contributed by atoms with van der Waals surface area (Å²) in [7, 11) is -4.19. The number of rotatable bonds is 2. The zero-order valence-electron chi connectivity index (χ0n) is 5.80. The molecule has 0 amide bonds. The first kappa shape index (κ1) is 8.98. The first-order chi connectivity index (χ1) is 5.54. The van der Waals surface area contributed by atoms with Crippen molar-refractivity contribution in [2.45, 2.75) is 4.90 Å². The van der Waals surface area contributed by atoms with Crippen LogP contribution < -0.4 is 10.1 Å². The van der Waals surface area contributed by atoms with Gasteiger partial charge >= 0.3 is 0 Å². The van der Waals surface area contributed by atoms with Crippen molar-refractivity contribution in [3.8, 4) is 5.75 Å². The van der Waals surface area contributed by atoms with Crippen molar-refractivity contribution in [3.05, 3.63) is 24.3 Å². The van der Waals surface area contributed by atoms with E-state index in [1.54, 1.807) is 0 Å². The molecule has 0 saturated carbocycles. The number of hydrogen-bond acceptors (Lipinski definition) is 4. The smallest absolute Gasteiger partial charge is 0.294 e. The Morgan fingerprint density at radius 3 is 2.08 bits per heavy atom. The lowest BCUT2D eigenvalue weighted by molar-refractivity contribution is -0.635. The van der Waals surface area contributed by atoms with E-state index in [1.165, 1.54) is 0 Å². The maximum atomic E-state index is 10.5. The monoisotopic (exact) mass is 189 g/mol. The van der Waals surface area contributed by atoms with Crippen LogP contribution in [0.25, 0.3) is 0 Å². The highest BCUT2D eigenvalue weighted by Gasteiger charge is 2.07. The van der Waals surface area contributed by atoms with Gasteiger partial charge < -0.3 is 10.1 Å². The van der Waals surface area contributed by atoms with Crippen molar-refractivity contribution in [1.29, 1.82) is 0 Å². The second kappa shape index (κ2) is 3.10. The van der Waals surface area contributed by atoms with E-state index in [2.05, 4.69) is 4.89 Å². The lowest BCUT2D eigenvalue weighted by atomic mass is 10.3. The molecule has 0 fully saturated rings. The van der Waals surface area contributed by atoms with Crippen LogP contribution in [0.1, 0.15) is 0 Å². The van der Waals surface area contributed by atoms with E-state index in [0.717, 1.165) is 24.3 Å². The Labute approximate surface area is 68.9 Å². The van der Waals surface area contributed by atoms with Gasteiger partial charge in [-0.3, -0.25) is 4.55 Å². The predicted molar refractivity (Wildman–Crippen MR) is 36.9 cm³/mol. The predicted octanol–water partition coefficient (Wildman–Crippen LogP) is -0.413. The van der Waals surface area contributed by atoms with Gasteiger partial charge in [0.05, 0.1) is 4.90 Å². The van der Waals surface area contributed by atoms with E-state index < -0.39 is 10.1 Å². The molecule has 0 aromatic heterocycles. The SMILES string of the molecule is O=S(=O)(O)c1ccc(O[O-])cc1. The fourth-order valence-corrected chi connectivity index (χ4v) is 1.15. The average Bonchev–Trinajstić information content (AvgIpc) is 2.03. The zero-order chi connectivity index (χ0) is 9.19. The molecule has 0 bridgehead atoms. The molecular formula is C6H5O5S-. The van der Waals surface area contributed by atoms with Gasteiger partial charge in [-0.1, -0.05) is 0 Å². The molecule has 1 aromatic rings. The Balaban J connectivity index is 3.09. The Bertz CT molecular complexity index is 352. The minimum absolute atomic E-state index is 0.0117. The Kier molecular flexibility index (Phi) is 2.32. The van der Waals surface area contributed by atoms with Crippen LogP contribution in [0.15, 0.2) is 29.2 Å². The maximum Gasteiger partial charge on any atom is 0.294 e. The highest BCUT2D eigenvalue weighted by molar-refractivity contribution is 7.85. The van der Waals surface area contributed by atoms with Crippen molar-refractivity contribution < 1.29 is 23.1 Å². The summed E-state index contributed by atoms with van der Waals surface area (Å²) in [6.07, 6.45) is 0. The third kappa shape index (κ3) is 1.94. The van der Waals surface area contributed by atoms with Crippen LogP contribution in [0.5, 0.6) is 5.75 Å². The van der Waals surface area contributed by atoms with Crippen LogP contribution in [0.4, 0.5) is 0 Å². The van der Waals surface area contributed by atoms with Crippen molar-refractivity contribution in [2.75, 3.05) is 0 Å². The summed E-state index contributed by atoms with van der Waals surface area (Å²) in [5.41, 5.74) is 0.